The molecule has 0 aliphatic carbocycles. The van der Waals surface area contributed by atoms with Gasteiger partial charge in [-0.3, -0.25) is 0 Å². The Hall–Kier alpha value is -4.00. The van der Waals surface area contributed by atoms with Crippen molar-refractivity contribution in [2.24, 2.45) is 0 Å². The zero-order valence-corrected chi connectivity index (χ0v) is 16.6. The van der Waals surface area contributed by atoms with Crippen LogP contribution in [0.2, 0.25) is 0 Å². The summed E-state index contributed by atoms with van der Waals surface area (Å²) in [4.78, 5) is 4.54. The van der Waals surface area contributed by atoms with E-state index in [1.54, 1.807) is 0 Å². The van der Waals surface area contributed by atoms with Crippen LogP contribution in [0.25, 0.3) is 33.9 Å². The third-order valence-electron chi connectivity index (χ3n) is 4.72. The molecule has 0 saturated carbocycles. The third-order valence-corrected chi connectivity index (χ3v) is 4.72. The van der Waals surface area contributed by atoms with E-state index >= 15 is 0 Å². The SMILES string of the molecule is CC(C)n1nnc2cc(-c3nc(-c4ccc(Oc5ccccc5)cc4)no3)ccc21. The van der Waals surface area contributed by atoms with Crippen LogP contribution in [0.15, 0.2) is 77.3 Å². The molecule has 0 aliphatic heterocycles. The van der Waals surface area contributed by atoms with Crippen LogP contribution < -0.4 is 4.74 Å². The normalized spacial score (nSPS) is 11.3. The standard InChI is InChI=1S/C23H19N5O2/c1-15(2)28-21-13-10-17(14-20(21)25-27-28)23-24-22(26-30-23)16-8-11-19(12-9-16)29-18-6-4-3-5-7-18/h3-15H,1-2H3. The Morgan fingerprint density at radius 2 is 1.60 bits per heavy atom. The van der Waals surface area contributed by atoms with Crippen LogP contribution >= 0.6 is 0 Å². The molecular formula is C23H19N5O2. The van der Waals surface area contributed by atoms with Gasteiger partial charge in [-0.1, -0.05) is 28.6 Å². The van der Waals surface area contributed by atoms with Crippen molar-refractivity contribution in [3.05, 3.63) is 72.8 Å². The maximum Gasteiger partial charge on any atom is 0.258 e. The molecule has 30 heavy (non-hydrogen) atoms. The molecule has 0 radical (unpaired) electrons. The number of nitrogens with zero attached hydrogens (tertiary/aromatic N) is 5. The van der Waals surface area contributed by atoms with Gasteiger partial charge >= 0.3 is 0 Å². The molecule has 2 heterocycles. The van der Waals surface area contributed by atoms with Crippen molar-refractivity contribution < 1.29 is 9.26 Å². The third kappa shape index (κ3) is 3.41. The number of hydrogen-bond acceptors (Lipinski definition) is 6. The summed E-state index contributed by atoms with van der Waals surface area (Å²) in [5.74, 6) is 2.49. The fourth-order valence-electron chi connectivity index (χ4n) is 3.21. The lowest BCUT2D eigenvalue weighted by atomic mass is 10.2. The Kier molecular flexibility index (Phi) is 4.48. The van der Waals surface area contributed by atoms with E-state index in [2.05, 4.69) is 34.3 Å². The lowest BCUT2D eigenvalue weighted by molar-refractivity contribution is 0.432. The number of benzene rings is 3. The molecule has 7 nitrogen and oxygen atoms in total. The summed E-state index contributed by atoms with van der Waals surface area (Å²) in [6.07, 6.45) is 0. The molecule has 0 amide bonds. The van der Waals surface area contributed by atoms with Crippen LogP contribution in [0, 0.1) is 0 Å². The molecule has 0 spiro atoms. The Bertz CT molecular complexity index is 1290. The van der Waals surface area contributed by atoms with E-state index in [1.165, 1.54) is 0 Å². The van der Waals surface area contributed by atoms with Crippen molar-refractivity contribution in [1.29, 1.82) is 0 Å². The van der Waals surface area contributed by atoms with Crippen molar-refractivity contribution in [2.45, 2.75) is 19.9 Å². The van der Waals surface area contributed by atoms with E-state index in [0.717, 1.165) is 33.7 Å². The van der Waals surface area contributed by atoms with Gasteiger partial charge in [0.25, 0.3) is 5.89 Å². The van der Waals surface area contributed by atoms with Crippen LogP contribution in [-0.2, 0) is 0 Å². The van der Waals surface area contributed by atoms with Crippen molar-refractivity contribution in [3.8, 4) is 34.3 Å². The molecular weight excluding hydrogens is 378 g/mol. The van der Waals surface area contributed by atoms with E-state index in [0.29, 0.717) is 11.7 Å². The predicted octanol–water partition coefficient (Wildman–Crippen LogP) is 5.52. The largest absolute Gasteiger partial charge is 0.457 e. The highest BCUT2D eigenvalue weighted by molar-refractivity contribution is 5.80. The first-order valence-corrected chi connectivity index (χ1v) is 9.70. The monoisotopic (exact) mass is 397 g/mol. The first-order chi connectivity index (χ1) is 14.7. The second-order valence-corrected chi connectivity index (χ2v) is 7.19. The lowest BCUT2D eigenvalue weighted by Gasteiger charge is -2.05. The van der Waals surface area contributed by atoms with Gasteiger partial charge in [-0.25, -0.2) is 4.68 Å². The van der Waals surface area contributed by atoms with Gasteiger partial charge < -0.3 is 9.26 Å². The number of para-hydroxylation sites is 1. The lowest BCUT2D eigenvalue weighted by Crippen LogP contribution is -2.02. The van der Waals surface area contributed by atoms with Crippen molar-refractivity contribution in [3.63, 3.8) is 0 Å². The molecule has 0 unspecified atom stereocenters. The number of aromatic nitrogens is 5. The second-order valence-electron chi connectivity index (χ2n) is 7.19. The number of fused-ring (bicyclic) bond motifs is 1. The summed E-state index contributed by atoms with van der Waals surface area (Å²) in [5.41, 5.74) is 3.42. The number of rotatable bonds is 5. The van der Waals surface area contributed by atoms with E-state index in [1.807, 2.05) is 77.5 Å². The summed E-state index contributed by atoms with van der Waals surface area (Å²) < 4.78 is 13.2. The highest BCUT2D eigenvalue weighted by Gasteiger charge is 2.14. The topological polar surface area (TPSA) is 78.9 Å². The van der Waals surface area contributed by atoms with E-state index in [4.69, 9.17) is 9.26 Å². The van der Waals surface area contributed by atoms with Gasteiger partial charge in [0.2, 0.25) is 5.82 Å². The maximum absolute atomic E-state index is 5.82. The zero-order chi connectivity index (χ0) is 20.5. The minimum Gasteiger partial charge on any atom is -0.457 e. The van der Waals surface area contributed by atoms with Crippen molar-refractivity contribution in [2.75, 3.05) is 0 Å². The number of hydrogen-bond donors (Lipinski definition) is 0. The maximum atomic E-state index is 5.82. The summed E-state index contributed by atoms with van der Waals surface area (Å²) in [7, 11) is 0. The minimum atomic E-state index is 0.240. The first kappa shape index (κ1) is 18.1. The fourth-order valence-corrected chi connectivity index (χ4v) is 3.21. The zero-order valence-electron chi connectivity index (χ0n) is 16.6. The molecule has 0 aliphatic rings. The van der Waals surface area contributed by atoms with Gasteiger partial charge in [0.05, 0.1) is 5.52 Å². The molecule has 0 bridgehead atoms. The highest BCUT2D eigenvalue weighted by Crippen LogP contribution is 2.27. The average molecular weight is 397 g/mol. The summed E-state index contributed by atoms with van der Waals surface area (Å²) in [6.45, 7) is 4.14. The Labute approximate surface area is 172 Å². The minimum absolute atomic E-state index is 0.240. The molecule has 0 saturated heterocycles. The van der Waals surface area contributed by atoms with Crippen LogP contribution in [0.3, 0.4) is 0 Å². The van der Waals surface area contributed by atoms with Gasteiger partial charge in [0.15, 0.2) is 0 Å². The molecule has 3 aromatic carbocycles. The molecule has 7 heteroatoms. The van der Waals surface area contributed by atoms with E-state index < -0.39 is 0 Å². The first-order valence-electron chi connectivity index (χ1n) is 9.70. The van der Waals surface area contributed by atoms with E-state index in [-0.39, 0.29) is 6.04 Å². The molecule has 148 valence electrons. The predicted molar refractivity (Wildman–Crippen MR) is 113 cm³/mol. The molecule has 5 rings (SSSR count). The average Bonchev–Trinajstić information content (AvgIpc) is 3.42. The van der Waals surface area contributed by atoms with Gasteiger partial charge in [-0.2, -0.15) is 4.98 Å². The van der Waals surface area contributed by atoms with Gasteiger partial charge in [-0.15, -0.1) is 5.10 Å². The van der Waals surface area contributed by atoms with Crippen molar-refractivity contribution in [1.82, 2.24) is 25.1 Å². The summed E-state index contributed by atoms with van der Waals surface area (Å²) in [6, 6.07) is 23.3. The van der Waals surface area contributed by atoms with Crippen LogP contribution in [-0.4, -0.2) is 25.1 Å². The summed E-state index contributed by atoms with van der Waals surface area (Å²) >= 11 is 0. The van der Waals surface area contributed by atoms with Gasteiger partial charge in [-0.05, 0) is 68.4 Å². The summed E-state index contributed by atoms with van der Waals surface area (Å²) in [5, 5.41) is 12.6. The van der Waals surface area contributed by atoms with Crippen LogP contribution in [0.1, 0.15) is 19.9 Å². The van der Waals surface area contributed by atoms with Crippen molar-refractivity contribution >= 4 is 11.0 Å². The number of ether oxygens (including phenoxy) is 1. The smallest absolute Gasteiger partial charge is 0.258 e. The van der Waals surface area contributed by atoms with Gasteiger partial charge in [0, 0.05) is 17.2 Å². The fraction of sp³-hybridized carbons (Fsp3) is 0.130. The van der Waals surface area contributed by atoms with E-state index in [9.17, 15) is 0 Å². The quantitative estimate of drug-likeness (QED) is 0.388. The second kappa shape index (κ2) is 7.44. The van der Waals surface area contributed by atoms with Gasteiger partial charge in [0.1, 0.15) is 17.0 Å². The van der Waals surface area contributed by atoms with Crippen LogP contribution in [0.5, 0.6) is 11.5 Å². The molecule has 0 N–H and O–H groups in total. The molecule has 5 aromatic rings. The Morgan fingerprint density at radius 3 is 2.37 bits per heavy atom. The van der Waals surface area contributed by atoms with Crippen LogP contribution in [0.4, 0.5) is 0 Å². The molecule has 0 fully saturated rings. The highest BCUT2D eigenvalue weighted by atomic mass is 16.5. The molecule has 0 atom stereocenters. The Morgan fingerprint density at radius 1 is 0.867 bits per heavy atom. The molecule has 2 aromatic heterocycles. The Balaban J connectivity index is 1.38.